The summed E-state index contributed by atoms with van der Waals surface area (Å²) in [5.41, 5.74) is 0. The van der Waals surface area contributed by atoms with Crippen LogP contribution in [0.2, 0.25) is 0 Å². The molecule has 0 aromatic heterocycles. The summed E-state index contributed by atoms with van der Waals surface area (Å²) in [6.07, 6.45) is 27.4. The number of aliphatic hydroxyl groups is 5. The number of phosphoric ester groups is 1. The number of phosphoric acid groups is 1. The Morgan fingerprint density at radius 3 is 1.47 bits per heavy atom. The average Bonchev–Trinajstić information content (AvgIpc) is 3.21. The first-order chi connectivity index (χ1) is 28.4. The maximum atomic E-state index is 12.8. The van der Waals surface area contributed by atoms with Gasteiger partial charge in [-0.2, -0.15) is 0 Å². The van der Waals surface area contributed by atoms with E-state index in [2.05, 4.69) is 62.5 Å². The lowest BCUT2D eigenvalue weighted by atomic mass is 9.85. The van der Waals surface area contributed by atoms with Gasteiger partial charge >= 0.3 is 19.8 Å². The van der Waals surface area contributed by atoms with E-state index < -0.39 is 75.7 Å². The number of esters is 2. The normalized spacial score (nSPS) is 22.8. The lowest BCUT2D eigenvalue weighted by Crippen LogP contribution is -2.64. The maximum absolute atomic E-state index is 12.8. The van der Waals surface area contributed by atoms with Crippen molar-refractivity contribution in [3.8, 4) is 0 Å². The fraction of sp³-hybridized carbons (Fsp3) is 0.778. The molecule has 0 heterocycles. The van der Waals surface area contributed by atoms with E-state index in [1.807, 2.05) is 0 Å². The van der Waals surface area contributed by atoms with Crippen LogP contribution in [0.1, 0.15) is 168 Å². The fourth-order valence-corrected chi connectivity index (χ4v) is 7.44. The second-order valence-corrected chi connectivity index (χ2v) is 16.9. The molecule has 0 aliphatic heterocycles. The molecule has 0 radical (unpaired) electrons. The molecule has 1 aliphatic carbocycles. The first-order valence-corrected chi connectivity index (χ1v) is 23.9. The molecule has 6 N–H and O–H groups in total. The van der Waals surface area contributed by atoms with Gasteiger partial charge in [0.2, 0.25) is 0 Å². The Balaban J connectivity index is 2.52. The molecular weight excluding hydrogens is 779 g/mol. The number of carbonyl (C=O) groups excluding carboxylic acids is 2. The summed E-state index contributed by atoms with van der Waals surface area (Å²) in [5.74, 6) is -1.16. The summed E-state index contributed by atoms with van der Waals surface area (Å²) in [5, 5.41) is 50.1. The van der Waals surface area contributed by atoms with Crippen molar-refractivity contribution in [3.63, 3.8) is 0 Å². The highest BCUT2D eigenvalue weighted by molar-refractivity contribution is 7.47. The molecule has 0 amide bonds. The van der Waals surface area contributed by atoms with Crippen LogP contribution >= 0.6 is 7.82 Å². The molecule has 342 valence electrons. The van der Waals surface area contributed by atoms with E-state index in [9.17, 15) is 44.6 Å². The number of ether oxygens (including phenoxy) is 2. The van der Waals surface area contributed by atoms with E-state index in [1.54, 1.807) is 0 Å². The zero-order chi connectivity index (χ0) is 43.6. The van der Waals surface area contributed by atoms with Crippen molar-refractivity contribution < 1.29 is 63.1 Å². The quantitative estimate of drug-likeness (QED) is 0.0152. The molecule has 0 saturated heterocycles. The number of hydrogen-bond acceptors (Lipinski definition) is 12. The van der Waals surface area contributed by atoms with Gasteiger partial charge in [-0.25, -0.2) is 4.57 Å². The second kappa shape index (κ2) is 35.4. The first kappa shape index (κ1) is 54.8. The van der Waals surface area contributed by atoms with Gasteiger partial charge in [-0.15, -0.1) is 0 Å². The molecule has 0 aromatic carbocycles. The number of carbonyl (C=O) groups is 2. The van der Waals surface area contributed by atoms with Gasteiger partial charge in [0.15, 0.2) is 6.10 Å². The SMILES string of the molecule is CCCCCC=CCC=CCC=CCCCCC(=O)OCC(COP(=O)(O)OC1C(O)C(O)C(O)C(O)C1O)OC(=O)CCCCCCCC=CCCCCCCCC. The Morgan fingerprint density at radius 1 is 0.525 bits per heavy atom. The van der Waals surface area contributed by atoms with Crippen molar-refractivity contribution in [1.82, 2.24) is 0 Å². The number of aliphatic hydroxyl groups excluding tert-OH is 5. The van der Waals surface area contributed by atoms with Gasteiger partial charge in [0.25, 0.3) is 0 Å². The summed E-state index contributed by atoms with van der Waals surface area (Å²) in [7, 11) is -5.13. The Hall–Kier alpha value is -2.19. The van der Waals surface area contributed by atoms with Crippen LogP contribution in [0.3, 0.4) is 0 Å². The predicted octanol–water partition coefficient (Wildman–Crippen LogP) is 8.39. The highest BCUT2D eigenvalue weighted by Gasteiger charge is 2.51. The average molecular weight is 859 g/mol. The van der Waals surface area contributed by atoms with E-state index in [0.717, 1.165) is 70.6 Å². The molecule has 59 heavy (non-hydrogen) atoms. The summed E-state index contributed by atoms with van der Waals surface area (Å²) in [4.78, 5) is 35.6. The van der Waals surface area contributed by atoms with Crippen LogP contribution in [0.5, 0.6) is 0 Å². The minimum absolute atomic E-state index is 0.0773. The van der Waals surface area contributed by atoms with Crippen molar-refractivity contribution in [3.05, 3.63) is 48.6 Å². The molecule has 13 nitrogen and oxygen atoms in total. The molecular formula is C45H79O13P. The molecule has 0 spiro atoms. The molecule has 1 saturated carbocycles. The fourth-order valence-electron chi connectivity index (χ4n) is 6.46. The Labute approximate surface area is 354 Å². The van der Waals surface area contributed by atoms with E-state index in [0.29, 0.717) is 12.8 Å². The van der Waals surface area contributed by atoms with Crippen molar-refractivity contribution in [2.45, 2.75) is 211 Å². The van der Waals surface area contributed by atoms with E-state index in [-0.39, 0.29) is 12.8 Å². The van der Waals surface area contributed by atoms with E-state index in [1.165, 1.54) is 57.8 Å². The highest BCUT2D eigenvalue weighted by atomic mass is 31.2. The van der Waals surface area contributed by atoms with Gasteiger partial charge in [-0.1, -0.05) is 127 Å². The number of allylic oxidation sites excluding steroid dienone is 8. The summed E-state index contributed by atoms with van der Waals surface area (Å²) < 4.78 is 33.4. The molecule has 0 aromatic rings. The van der Waals surface area contributed by atoms with Crippen molar-refractivity contribution in [1.29, 1.82) is 0 Å². The van der Waals surface area contributed by atoms with E-state index in [4.69, 9.17) is 18.5 Å². The molecule has 0 bridgehead atoms. The lowest BCUT2D eigenvalue weighted by Gasteiger charge is -2.41. The smallest absolute Gasteiger partial charge is 0.462 e. The zero-order valence-corrected chi connectivity index (χ0v) is 36.9. The maximum Gasteiger partial charge on any atom is 0.472 e. The van der Waals surface area contributed by atoms with Crippen LogP contribution in [0.4, 0.5) is 0 Å². The van der Waals surface area contributed by atoms with Crippen LogP contribution in [0.25, 0.3) is 0 Å². The Morgan fingerprint density at radius 2 is 0.915 bits per heavy atom. The molecule has 1 rings (SSSR count). The third-order valence-corrected chi connectivity index (χ3v) is 11.1. The Kier molecular flexibility index (Phi) is 32.9. The van der Waals surface area contributed by atoms with Crippen LogP contribution < -0.4 is 0 Å². The largest absolute Gasteiger partial charge is 0.472 e. The van der Waals surface area contributed by atoms with Gasteiger partial charge in [0, 0.05) is 12.8 Å². The summed E-state index contributed by atoms with van der Waals surface area (Å²) in [6.45, 7) is 3.21. The van der Waals surface area contributed by atoms with Crippen LogP contribution in [0, 0.1) is 0 Å². The third-order valence-electron chi connectivity index (χ3n) is 10.1. The number of rotatable bonds is 36. The zero-order valence-electron chi connectivity index (χ0n) is 36.0. The lowest BCUT2D eigenvalue weighted by molar-refractivity contribution is -0.220. The highest BCUT2D eigenvalue weighted by Crippen LogP contribution is 2.47. The van der Waals surface area contributed by atoms with Crippen LogP contribution in [-0.4, -0.2) is 98.3 Å². The third kappa shape index (κ3) is 28.1. The van der Waals surface area contributed by atoms with Crippen molar-refractivity contribution >= 4 is 19.8 Å². The summed E-state index contributed by atoms with van der Waals surface area (Å²) in [6, 6.07) is 0. The van der Waals surface area contributed by atoms with Crippen molar-refractivity contribution in [2.75, 3.05) is 13.2 Å². The minimum atomic E-state index is -5.13. The number of hydrogen-bond donors (Lipinski definition) is 6. The molecule has 6 atom stereocenters. The van der Waals surface area contributed by atoms with Gasteiger partial charge in [0.1, 0.15) is 43.2 Å². The second-order valence-electron chi connectivity index (χ2n) is 15.5. The van der Waals surface area contributed by atoms with Crippen LogP contribution in [-0.2, 0) is 32.7 Å². The molecule has 1 aliphatic rings. The Bertz CT molecular complexity index is 1220. The van der Waals surface area contributed by atoms with Crippen LogP contribution in [0.15, 0.2) is 48.6 Å². The topological polar surface area (TPSA) is 210 Å². The number of unbranched alkanes of at least 4 members (excludes halogenated alkanes) is 16. The minimum Gasteiger partial charge on any atom is -0.462 e. The van der Waals surface area contributed by atoms with Gasteiger partial charge in [-0.05, 0) is 77.0 Å². The first-order valence-electron chi connectivity index (χ1n) is 22.4. The van der Waals surface area contributed by atoms with E-state index >= 15 is 0 Å². The monoisotopic (exact) mass is 859 g/mol. The van der Waals surface area contributed by atoms with Gasteiger partial charge < -0.3 is 39.9 Å². The summed E-state index contributed by atoms with van der Waals surface area (Å²) >= 11 is 0. The molecule has 1 fully saturated rings. The molecule has 14 heteroatoms. The van der Waals surface area contributed by atoms with Crippen molar-refractivity contribution in [2.24, 2.45) is 0 Å². The van der Waals surface area contributed by atoms with Gasteiger partial charge in [0.05, 0.1) is 6.61 Å². The predicted molar refractivity (Wildman–Crippen MR) is 230 cm³/mol. The van der Waals surface area contributed by atoms with Gasteiger partial charge in [-0.3, -0.25) is 18.6 Å². The molecule has 6 unspecified atom stereocenters. The standard InChI is InChI=1S/C45H79O13P/c1-3-5-7-9-11-13-15-17-19-21-23-25-27-29-31-33-38(46)55-35-37(36-56-59(53,54)58-45-43(51)41(49)40(48)42(50)44(45)52)57-39(47)34-32-30-28-26-24-22-20-18-16-14-12-10-8-6-4-2/h11,13,17-20,23,25,37,40-45,48-52H,3-10,12,14-16,21-22,24,26-36H2,1-2H3,(H,53,54).